The van der Waals surface area contributed by atoms with Crippen LogP contribution in [0.1, 0.15) is 32.3 Å². The number of nitrogens with one attached hydrogen (secondary N) is 2. The molecule has 0 saturated heterocycles. The Morgan fingerprint density at radius 3 is 2.37 bits per heavy atom. The molecule has 2 aromatic rings. The van der Waals surface area contributed by atoms with Gasteiger partial charge in [0.15, 0.2) is 0 Å². The standard InChI is InChI=1S/C19H23N3O4S/c1-3-4-13-26-18-9-5-16(6-10-18)14-20-22-27(24,25)19-11-7-17(8-12-19)21-15(2)23/h5-12,14,22H,3-4,13H2,1-2H3,(H,21,23). The van der Waals surface area contributed by atoms with E-state index in [0.29, 0.717) is 12.3 Å². The van der Waals surface area contributed by atoms with Crippen LogP contribution in [-0.2, 0) is 14.8 Å². The van der Waals surface area contributed by atoms with Gasteiger partial charge in [0.2, 0.25) is 5.91 Å². The molecule has 8 heteroatoms. The third-order valence-electron chi connectivity index (χ3n) is 3.52. The first-order valence-electron chi connectivity index (χ1n) is 8.56. The fourth-order valence-corrected chi connectivity index (χ4v) is 2.92. The second-order valence-electron chi connectivity index (χ2n) is 5.83. The molecule has 0 atom stereocenters. The molecule has 2 aromatic carbocycles. The highest BCUT2D eigenvalue weighted by molar-refractivity contribution is 7.89. The van der Waals surface area contributed by atoms with Crippen LogP contribution in [0.25, 0.3) is 0 Å². The summed E-state index contributed by atoms with van der Waals surface area (Å²) in [5.74, 6) is 0.538. The first-order chi connectivity index (χ1) is 12.9. The molecule has 1 amide bonds. The summed E-state index contributed by atoms with van der Waals surface area (Å²) >= 11 is 0. The maximum absolute atomic E-state index is 12.2. The SMILES string of the molecule is CCCCOc1ccc(C=NNS(=O)(=O)c2ccc(NC(C)=O)cc2)cc1. The zero-order valence-electron chi connectivity index (χ0n) is 15.3. The van der Waals surface area contributed by atoms with Crippen LogP contribution < -0.4 is 14.9 Å². The van der Waals surface area contributed by atoms with Gasteiger partial charge in [-0.1, -0.05) is 13.3 Å². The van der Waals surface area contributed by atoms with Crippen molar-refractivity contribution in [3.8, 4) is 5.75 Å². The van der Waals surface area contributed by atoms with Crippen LogP contribution in [0.3, 0.4) is 0 Å². The number of rotatable bonds is 9. The maximum atomic E-state index is 12.2. The molecule has 2 rings (SSSR count). The number of hydrazone groups is 1. The number of hydrogen-bond acceptors (Lipinski definition) is 5. The van der Waals surface area contributed by atoms with E-state index >= 15 is 0 Å². The molecule has 2 N–H and O–H groups in total. The summed E-state index contributed by atoms with van der Waals surface area (Å²) in [7, 11) is -3.78. The van der Waals surface area contributed by atoms with Gasteiger partial charge in [-0.3, -0.25) is 4.79 Å². The molecule has 0 aliphatic rings. The van der Waals surface area contributed by atoms with Crippen molar-refractivity contribution in [3.63, 3.8) is 0 Å². The zero-order chi connectivity index (χ0) is 19.7. The maximum Gasteiger partial charge on any atom is 0.276 e. The van der Waals surface area contributed by atoms with E-state index in [1.165, 1.54) is 37.4 Å². The summed E-state index contributed by atoms with van der Waals surface area (Å²) in [5, 5.41) is 6.37. The van der Waals surface area contributed by atoms with Gasteiger partial charge in [0.05, 0.1) is 17.7 Å². The van der Waals surface area contributed by atoms with Crippen molar-refractivity contribution in [3.05, 3.63) is 54.1 Å². The number of unbranched alkanes of at least 4 members (excludes halogenated alkanes) is 1. The Hall–Kier alpha value is -2.87. The molecule has 0 aromatic heterocycles. The van der Waals surface area contributed by atoms with E-state index in [0.717, 1.165) is 24.2 Å². The molecule has 0 aliphatic carbocycles. The van der Waals surface area contributed by atoms with Gasteiger partial charge in [0, 0.05) is 12.6 Å². The number of ether oxygens (including phenoxy) is 1. The van der Waals surface area contributed by atoms with E-state index in [-0.39, 0.29) is 10.8 Å². The number of benzene rings is 2. The minimum atomic E-state index is -3.78. The highest BCUT2D eigenvalue weighted by Crippen LogP contribution is 2.14. The van der Waals surface area contributed by atoms with Gasteiger partial charge in [0.25, 0.3) is 10.0 Å². The van der Waals surface area contributed by atoms with Crippen molar-refractivity contribution in [2.45, 2.75) is 31.6 Å². The van der Waals surface area contributed by atoms with Crippen molar-refractivity contribution >= 4 is 27.8 Å². The van der Waals surface area contributed by atoms with Crippen molar-refractivity contribution in [2.75, 3.05) is 11.9 Å². The van der Waals surface area contributed by atoms with Gasteiger partial charge >= 0.3 is 0 Å². The number of anilines is 1. The second-order valence-corrected chi connectivity index (χ2v) is 7.49. The average molecular weight is 389 g/mol. The Balaban J connectivity index is 1.94. The molecular formula is C19H23N3O4S. The number of sulfonamides is 1. The Morgan fingerprint density at radius 2 is 1.78 bits per heavy atom. The van der Waals surface area contributed by atoms with Crippen LogP contribution in [0.15, 0.2) is 58.5 Å². The van der Waals surface area contributed by atoms with E-state index in [1.54, 1.807) is 12.1 Å². The molecule has 0 aliphatic heterocycles. The van der Waals surface area contributed by atoms with E-state index in [1.807, 2.05) is 12.1 Å². The lowest BCUT2D eigenvalue weighted by molar-refractivity contribution is -0.114. The summed E-state index contributed by atoms with van der Waals surface area (Å²) in [6.45, 7) is 4.15. The molecule has 0 unspecified atom stereocenters. The van der Waals surface area contributed by atoms with Crippen molar-refractivity contribution in [1.29, 1.82) is 0 Å². The lowest BCUT2D eigenvalue weighted by atomic mass is 10.2. The summed E-state index contributed by atoms with van der Waals surface area (Å²) < 4.78 is 30.0. The number of carbonyl (C=O) groups is 1. The molecule has 0 saturated carbocycles. The normalized spacial score (nSPS) is 11.3. The van der Waals surface area contributed by atoms with E-state index in [4.69, 9.17) is 4.74 Å². The molecule has 0 radical (unpaired) electrons. The first kappa shape index (κ1) is 20.4. The average Bonchev–Trinajstić information content (AvgIpc) is 2.63. The number of amides is 1. The van der Waals surface area contributed by atoms with Gasteiger partial charge in [0.1, 0.15) is 5.75 Å². The van der Waals surface area contributed by atoms with Crippen LogP contribution in [0.4, 0.5) is 5.69 Å². The highest BCUT2D eigenvalue weighted by atomic mass is 32.2. The van der Waals surface area contributed by atoms with Crippen LogP contribution in [0, 0.1) is 0 Å². The van der Waals surface area contributed by atoms with Crippen molar-refractivity contribution in [2.24, 2.45) is 5.10 Å². The summed E-state index contributed by atoms with van der Waals surface area (Å²) in [6, 6.07) is 13.0. The number of nitrogens with zero attached hydrogens (tertiary/aromatic N) is 1. The minimum Gasteiger partial charge on any atom is -0.494 e. The fraction of sp³-hybridized carbons (Fsp3) is 0.263. The Morgan fingerprint density at radius 1 is 1.11 bits per heavy atom. The lowest BCUT2D eigenvalue weighted by Crippen LogP contribution is -2.18. The summed E-state index contributed by atoms with van der Waals surface area (Å²) in [4.78, 5) is 13.2. The molecule has 144 valence electrons. The lowest BCUT2D eigenvalue weighted by Gasteiger charge is -2.06. The van der Waals surface area contributed by atoms with Crippen LogP contribution in [-0.4, -0.2) is 27.1 Å². The quantitative estimate of drug-likeness (QED) is 0.391. The Bertz CT molecular complexity index is 876. The monoisotopic (exact) mass is 389 g/mol. The Kier molecular flexibility index (Phi) is 7.36. The van der Waals surface area contributed by atoms with E-state index < -0.39 is 10.0 Å². The predicted molar refractivity (Wildman–Crippen MR) is 106 cm³/mol. The second kappa shape index (κ2) is 9.72. The first-order valence-corrected chi connectivity index (χ1v) is 10.0. The van der Waals surface area contributed by atoms with Crippen molar-refractivity contribution in [1.82, 2.24) is 4.83 Å². The van der Waals surface area contributed by atoms with Gasteiger partial charge in [-0.15, -0.1) is 0 Å². The summed E-state index contributed by atoms with van der Waals surface area (Å²) in [5.41, 5.74) is 1.26. The molecule has 0 fully saturated rings. The molecular weight excluding hydrogens is 366 g/mol. The third-order valence-corrected chi connectivity index (χ3v) is 4.76. The van der Waals surface area contributed by atoms with E-state index in [9.17, 15) is 13.2 Å². The fourth-order valence-electron chi connectivity index (χ4n) is 2.13. The van der Waals surface area contributed by atoms with Crippen molar-refractivity contribution < 1.29 is 17.9 Å². The zero-order valence-corrected chi connectivity index (χ0v) is 16.1. The van der Waals surface area contributed by atoms with E-state index in [2.05, 4.69) is 22.2 Å². The third kappa shape index (κ3) is 6.74. The number of hydrogen-bond donors (Lipinski definition) is 2. The molecule has 0 heterocycles. The molecule has 27 heavy (non-hydrogen) atoms. The van der Waals surface area contributed by atoms with Gasteiger partial charge in [-0.2, -0.15) is 13.5 Å². The van der Waals surface area contributed by atoms with Crippen LogP contribution in [0.2, 0.25) is 0 Å². The number of carbonyl (C=O) groups excluding carboxylic acids is 1. The van der Waals surface area contributed by atoms with Gasteiger partial charge in [-0.25, -0.2) is 4.83 Å². The molecule has 0 bridgehead atoms. The summed E-state index contributed by atoms with van der Waals surface area (Å²) in [6.07, 6.45) is 3.48. The largest absolute Gasteiger partial charge is 0.494 e. The van der Waals surface area contributed by atoms with Crippen LogP contribution >= 0.6 is 0 Å². The molecule has 0 spiro atoms. The predicted octanol–water partition coefficient (Wildman–Crippen LogP) is 3.14. The highest BCUT2D eigenvalue weighted by Gasteiger charge is 2.12. The van der Waals surface area contributed by atoms with Gasteiger partial charge in [-0.05, 0) is 60.5 Å². The molecule has 7 nitrogen and oxygen atoms in total. The minimum absolute atomic E-state index is 0.0495. The Labute approximate surface area is 159 Å². The van der Waals surface area contributed by atoms with Crippen LogP contribution in [0.5, 0.6) is 5.75 Å². The smallest absolute Gasteiger partial charge is 0.276 e. The topological polar surface area (TPSA) is 96.9 Å². The van der Waals surface area contributed by atoms with Gasteiger partial charge < -0.3 is 10.1 Å².